The van der Waals surface area contributed by atoms with Gasteiger partial charge in [0.05, 0.1) is 17.3 Å². The largest absolute Gasteiger partial charge is 0.384 e. The van der Waals surface area contributed by atoms with Gasteiger partial charge in [0.2, 0.25) is 0 Å². The summed E-state index contributed by atoms with van der Waals surface area (Å²) in [7, 11) is 0. The molecule has 6 heteroatoms. The molecule has 2 rings (SSSR count). The van der Waals surface area contributed by atoms with Crippen LogP contribution in [0.4, 0.5) is 14.5 Å². The van der Waals surface area contributed by atoms with E-state index in [-0.39, 0.29) is 16.8 Å². The SMILES string of the molecule is O=C(Nc1ccc(F)c(C#CCO)c1)c1ccncc1F. The first-order chi connectivity index (χ1) is 10.1. The smallest absolute Gasteiger partial charge is 0.258 e. The lowest BCUT2D eigenvalue weighted by molar-refractivity contribution is 0.102. The molecule has 0 aliphatic rings. The Kier molecular flexibility index (Phi) is 4.59. The lowest BCUT2D eigenvalue weighted by atomic mass is 10.1. The van der Waals surface area contributed by atoms with Crippen molar-refractivity contribution in [2.75, 3.05) is 11.9 Å². The number of benzene rings is 1. The van der Waals surface area contributed by atoms with Gasteiger partial charge in [0, 0.05) is 11.9 Å². The highest BCUT2D eigenvalue weighted by Crippen LogP contribution is 2.15. The number of hydrogen-bond donors (Lipinski definition) is 2. The standard InChI is InChI=1S/C15H10F2N2O2/c16-13-4-3-11(8-10(13)2-1-7-20)19-15(21)12-5-6-18-9-14(12)17/h3-6,8-9,20H,7H2,(H,19,21). The molecule has 0 bridgehead atoms. The fourth-order valence-electron chi connectivity index (χ4n) is 1.59. The van der Waals surface area contributed by atoms with Crippen LogP contribution in [0.25, 0.3) is 0 Å². The first-order valence-electron chi connectivity index (χ1n) is 5.92. The number of aliphatic hydroxyl groups excluding tert-OH is 1. The second-order valence-corrected chi connectivity index (χ2v) is 3.96. The first kappa shape index (κ1) is 14.6. The molecule has 2 N–H and O–H groups in total. The Bertz CT molecular complexity index is 736. The zero-order valence-corrected chi connectivity index (χ0v) is 10.7. The predicted octanol–water partition coefficient (Wildman–Crippen LogP) is 1.96. The molecule has 1 heterocycles. The maximum atomic E-state index is 13.5. The van der Waals surface area contributed by atoms with Gasteiger partial charge in [-0.2, -0.15) is 0 Å². The number of amides is 1. The number of aliphatic hydroxyl groups is 1. The maximum Gasteiger partial charge on any atom is 0.258 e. The average Bonchev–Trinajstić information content (AvgIpc) is 2.48. The van der Waals surface area contributed by atoms with Crippen LogP contribution in [0, 0.1) is 23.5 Å². The van der Waals surface area contributed by atoms with Crippen molar-refractivity contribution < 1.29 is 18.7 Å². The summed E-state index contributed by atoms with van der Waals surface area (Å²) in [6.45, 7) is -0.405. The van der Waals surface area contributed by atoms with Crippen LogP contribution in [0.15, 0.2) is 36.7 Å². The molecule has 0 saturated carbocycles. The summed E-state index contributed by atoms with van der Waals surface area (Å²) in [5.74, 6) is 2.72. The summed E-state index contributed by atoms with van der Waals surface area (Å²) in [5, 5.41) is 11.0. The van der Waals surface area contributed by atoms with E-state index in [4.69, 9.17) is 5.11 Å². The quantitative estimate of drug-likeness (QED) is 0.830. The number of carbonyl (C=O) groups excluding carboxylic acids is 1. The van der Waals surface area contributed by atoms with Crippen molar-refractivity contribution in [1.29, 1.82) is 0 Å². The first-order valence-corrected chi connectivity index (χ1v) is 5.92. The Morgan fingerprint density at radius 2 is 2.10 bits per heavy atom. The molecule has 0 fully saturated rings. The van der Waals surface area contributed by atoms with Crippen molar-refractivity contribution in [2.24, 2.45) is 0 Å². The van der Waals surface area contributed by atoms with Gasteiger partial charge < -0.3 is 10.4 Å². The molecule has 0 aliphatic heterocycles. The summed E-state index contributed by atoms with van der Waals surface area (Å²) < 4.78 is 26.9. The van der Waals surface area contributed by atoms with E-state index in [1.165, 1.54) is 24.4 Å². The molecule has 106 valence electrons. The van der Waals surface area contributed by atoms with Crippen LogP contribution in [-0.2, 0) is 0 Å². The lowest BCUT2D eigenvalue weighted by Gasteiger charge is -2.06. The summed E-state index contributed by atoms with van der Waals surface area (Å²) in [6, 6.07) is 4.99. The van der Waals surface area contributed by atoms with Crippen LogP contribution in [0.1, 0.15) is 15.9 Å². The molecule has 1 aromatic carbocycles. The Balaban J connectivity index is 2.24. The number of halogens is 2. The van der Waals surface area contributed by atoms with E-state index >= 15 is 0 Å². The third-order valence-corrected chi connectivity index (χ3v) is 2.54. The molecule has 0 radical (unpaired) electrons. The summed E-state index contributed by atoms with van der Waals surface area (Å²) in [6.07, 6.45) is 2.22. The number of rotatable bonds is 2. The highest BCUT2D eigenvalue weighted by Gasteiger charge is 2.12. The predicted molar refractivity (Wildman–Crippen MR) is 72.5 cm³/mol. The van der Waals surface area contributed by atoms with Crippen LogP contribution in [0.3, 0.4) is 0 Å². The van der Waals surface area contributed by atoms with E-state index < -0.39 is 24.1 Å². The summed E-state index contributed by atoms with van der Waals surface area (Å²) in [4.78, 5) is 15.4. The number of anilines is 1. The van der Waals surface area contributed by atoms with E-state index in [1.807, 2.05) is 0 Å². The Labute approximate surface area is 119 Å². The average molecular weight is 288 g/mol. The Morgan fingerprint density at radius 3 is 2.81 bits per heavy atom. The lowest BCUT2D eigenvalue weighted by Crippen LogP contribution is -2.14. The number of carbonyl (C=O) groups is 1. The van der Waals surface area contributed by atoms with Crippen molar-refractivity contribution in [2.45, 2.75) is 0 Å². The number of hydrogen-bond acceptors (Lipinski definition) is 3. The number of nitrogens with one attached hydrogen (secondary N) is 1. The summed E-state index contributed by atoms with van der Waals surface area (Å²) >= 11 is 0. The van der Waals surface area contributed by atoms with Crippen LogP contribution < -0.4 is 5.32 Å². The van der Waals surface area contributed by atoms with E-state index in [0.717, 1.165) is 12.3 Å². The van der Waals surface area contributed by atoms with Gasteiger partial charge in [-0.25, -0.2) is 8.78 Å². The van der Waals surface area contributed by atoms with Crippen LogP contribution in [0.2, 0.25) is 0 Å². The van der Waals surface area contributed by atoms with Crippen molar-refractivity contribution in [3.63, 3.8) is 0 Å². The molecule has 0 unspecified atom stereocenters. The normalized spacial score (nSPS) is 9.67. The van der Waals surface area contributed by atoms with Gasteiger partial charge in [-0.1, -0.05) is 11.8 Å². The molecule has 0 saturated heterocycles. The number of nitrogens with zero attached hydrogens (tertiary/aromatic N) is 1. The van der Waals surface area contributed by atoms with Gasteiger partial charge in [-0.05, 0) is 24.3 Å². The highest BCUT2D eigenvalue weighted by atomic mass is 19.1. The van der Waals surface area contributed by atoms with Crippen molar-refractivity contribution in [3.05, 3.63) is 59.4 Å². The molecule has 2 aromatic rings. The summed E-state index contributed by atoms with van der Waals surface area (Å²) in [5.41, 5.74) is 0.120. The number of aromatic nitrogens is 1. The van der Waals surface area contributed by atoms with E-state index in [0.29, 0.717) is 0 Å². The van der Waals surface area contributed by atoms with Crippen LogP contribution in [-0.4, -0.2) is 22.6 Å². The third-order valence-electron chi connectivity index (χ3n) is 2.54. The fourth-order valence-corrected chi connectivity index (χ4v) is 1.59. The third kappa shape index (κ3) is 3.61. The molecule has 0 spiro atoms. The highest BCUT2D eigenvalue weighted by molar-refractivity contribution is 6.04. The monoisotopic (exact) mass is 288 g/mol. The van der Waals surface area contributed by atoms with Crippen molar-refractivity contribution >= 4 is 11.6 Å². The van der Waals surface area contributed by atoms with Gasteiger partial charge in [0.15, 0.2) is 5.82 Å². The Hall–Kier alpha value is -2.78. The van der Waals surface area contributed by atoms with Crippen molar-refractivity contribution in [1.82, 2.24) is 4.98 Å². The molecule has 4 nitrogen and oxygen atoms in total. The molecular formula is C15H10F2N2O2. The molecule has 0 aliphatic carbocycles. The molecular weight excluding hydrogens is 278 g/mol. The van der Waals surface area contributed by atoms with Crippen LogP contribution >= 0.6 is 0 Å². The minimum atomic E-state index is -0.752. The van der Waals surface area contributed by atoms with Crippen molar-refractivity contribution in [3.8, 4) is 11.8 Å². The van der Waals surface area contributed by atoms with Gasteiger partial charge in [-0.15, -0.1) is 0 Å². The molecule has 21 heavy (non-hydrogen) atoms. The van der Waals surface area contributed by atoms with Gasteiger partial charge in [0.1, 0.15) is 12.4 Å². The number of pyridine rings is 1. The fraction of sp³-hybridized carbons (Fsp3) is 0.0667. The zero-order valence-electron chi connectivity index (χ0n) is 10.7. The van der Waals surface area contributed by atoms with E-state index in [2.05, 4.69) is 22.1 Å². The molecule has 1 aromatic heterocycles. The van der Waals surface area contributed by atoms with Gasteiger partial charge in [0.25, 0.3) is 5.91 Å². The van der Waals surface area contributed by atoms with Crippen LogP contribution in [0.5, 0.6) is 0 Å². The van der Waals surface area contributed by atoms with Gasteiger partial charge in [-0.3, -0.25) is 9.78 Å². The van der Waals surface area contributed by atoms with Gasteiger partial charge >= 0.3 is 0 Å². The topological polar surface area (TPSA) is 62.2 Å². The molecule has 1 amide bonds. The molecule has 0 atom stereocenters. The second kappa shape index (κ2) is 6.59. The maximum absolute atomic E-state index is 13.5. The van der Waals surface area contributed by atoms with E-state index in [1.54, 1.807) is 0 Å². The second-order valence-electron chi connectivity index (χ2n) is 3.96. The van der Waals surface area contributed by atoms with E-state index in [9.17, 15) is 13.6 Å². The zero-order chi connectivity index (χ0) is 15.2. The Morgan fingerprint density at radius 1 is 1.29 bits per heavy atom. The minimum absolute atomic E-state index is 0.0250. The minimum Gasteiger partial charge on any atom is -0.384 e.